The fraction of sp³-hybridized carbons (Fsp3) is 0.417. The van der Waals surface area contributed by atoms with Gasteiger partial charge in [-0.3, -0.25) is 4.79 Å². The highest BCUT2D eigenvalue weighted by atomic mass is 32.2. The SMILES string of the molecule is O=C(CC1CCS(=O)(=O)C1)Nc1cccc(C(=O)O)n1. The van der Waals surface area contributed by atoms with E-state index < -0.39 is 15.8 Å². The monoisotopic (exact) mass is 298 g/mol. The number of carbonyl (C=O) groups excluding carboxylic acids is 1. The number of aromatic carboxylic acids is 1. The highest BCUT2D eigenvalue weighted by Gasteiger charge is 2.29. The van der Waals surface area contributed by atoms with E-state index >= 15 is 0 Å². The lowest BCUT2D eigenvalue weighted by Crippen LogP contribution is -2.18. The van der Waals surface area contributed by atoms with Crippen LogP contribution in [0.5, 0.6) is 0 Å². The van der Waals surface area contributed by atoms with Gasteiger partial charge in [-0.05, 0) is 24.5 Å². The van der Waals surface area contributed by atoms with Crippen LogP contribution in [0, 0.1) is 5.92 Å². The van der Waals surface area contributed by atoms with Crippen LogP contribution in [-0.4, -0.2) is 41.9 Å². The predicted molar refractivity (Wildman–Crippen MR) is 71.2 cm³/mol. The summed E-state index contributed by atoms with van der Waals surface area (Å²) in [7, 11) is -3.01. The number of hydrogen-bond donors (Lipinski definition) is 2. The Balaban J connectivity index is 1.95. The van der Waals surface area contributed by atoms with Gasteiger partial charge in [-0.15, -0.1) is 0 Å². The van der Waals surface area contributed by atoms with Crippen LogP contribution in [0.15, 0.2) is 18.2 Å². The summed E-state index contributed by atoms with van der Waals surface area (Å²) < 4.78 is 22.6. The quantitative estimate of drug-likeness (QED) is 0.838. The van der Waals surface area contributed by atoms with Gasteiger partial charge in [-0.25, -0.2) is 18.2 Å². The molecule has 1 aliphatic heterocycles. The molecule has 108 valence electrons. The summed E-state index contributed by atoms with van der Waals surface area (Å²) in [5, 5.41) is 11.3. The van der Waals surface area contributed by atoms with Crippen molar-refractivity contribution in [3.63, 3.8) is 0 Å². The molecule has 7 nitrogen and oxygen atoms in total. The summed E-state index contributed by atoms with van der Waals surface area (Å²) in [4.78, 5) is 26.3. The molecule has 1 aromatic rings. The number of aromatic nitrogens is 1. The van der Waals surface area contributed by atoms with E-state index in [0.717, 1.165) is 0 Å². The van der Waals surface area contributed by atoms with Gasteiger partial charge in [0.05, 0.1) is 11.5 Å². The number of pyridine rings is 1. The third-order valence-electron chi connectivity index (χ3n) is 3.04. The molecule has 20 heavy (non-hydrogen) atoms. The van der Waals surface area contributed by atoms with Crippen LogP contribution in [0.3, 0.4) is 0 Å². The number of carboxylic acid groups (broad SMARTS) is 1. The van der Waals surface area contributed by atoms with Gasteiger partial charge < -0.3 is 10.4 Å². The fourth-order valence-corrected chi connectivity index (χ4v) is 3.97. The smallest absolute Gasteiger partial charge is 0.354 e. The minimum Gasteiger partial charge on any atom is -0.477 e. The molecule has 1 amide bonds. The number of nitrogens with one attached hydrogen (secondary N) is 1. The van der Waals surface area contributed by atoms with E-state index in [-0.39, 0.29) is 41.3 Å². The van der Waals surface area contributed by atoms with Crippen molar-refractivity contribution < 1.29 is 23.1 Å². The van der Waals surface area contributed by atoms with E-state index in [4.69, 9.17) is 5.11 Å². The van der Waals surface area contributed by atoms with Crippen molar-refractivity contribution in [1.82, 2.24) is 4.98 Å². The summed E-state index contributed by atoms with van der Waals surface area (Å²) >= 11 is 0. The van der Waals surface area contributed by atoms with Crippen LogP contribution in [0.25, 0.3) is 0 Å². The van der Waals surface area contributed by atoms with Crippen LogP contribution in [-0.2, 0) is 14.6 Å². The zero-order valence-electron chi connectivity index (χ0n) is 10.6. The standard InChI is InChI=1S/C12H14N2O5S/c15-11(6-8-4-5-20(18,19)7-8)14-10-3-1-2-9(13-10)12(16)17/h1-3,8H,4-7H2,(H,16,17)(H,13,14,15). The Hall–Kier alpha value is -1.96. The largest absolute Gasteiger partial charge is 0.477 e. The molecular formula is C12H14N2O5S. The number of hydrogen-bond acceptors (Lipinski definition) is 5. The van der Waals surface area contributed by atoms with Crippen LogP contribution in [0.4, 0.5) is 5.82 Å². The molecular weight excluding hydrogens is 284 g/mol. The number of amides is 1. The lowest BCUT2D eigenvalue weighted by atomic mass is 10.1. The minimum absolute atomic E-state index is 0.0308. The maximum atomic E-state index is 11.8. The number of rotatable bonds is 4. The molecule has 1 fully saturated rings. The third kappa shape index (κ3) is 3.77. The summed E-state index contributed by atoms with van der Waals surface area (Å²) in [6.45, 7) is 0. The van der Waals surface area contributed by atoms with Gasteiger partial charge in [0.25, 0.3) is 0 Å². The first-order chi connectivity index (χ1) is 9.35. The first kappa shape index (κ1) is 14.4. The summed E-state index contributed by atoms with van der Waals surface area (Å²) in [5.74, 6) is -1.41. The second-order valence-corrected chi connectivity index (χ2v) is 6.96. The van der Waals surface area contributed by atoms with Crippen molar-refractivity contribution in [2.24, 2.45) is 5.92 Å². The van der Waals surface area contributed by atoms with Crippen LogP contribution >= 0.6 is 0 Å². The van der Waals surface area contributed by atoms with E-state index in [1.807, 2.05) is 0 Å². The molecule has 0 spiro atoms. The van der Waals surface area contributed by atoms with Crippen molar-refractivity contribution in [3.8, 4) is 0 Å². The highest BCUT2D eigenvalue weighted by molar-refractivity contribution is 7.91. The zero-order valence-corrected chi connectivity index (χ0v) is 11.4. The lowest BCUT2D eigenvalue weighted by Gasteiger charge is -2.08. The maximum Gasteiger partial charge on any atom is 0.354 e. The minimum atomic E-state index is -3.01. The van der Waals surface area contributed by atoms with Crippen LogP contribution in [0.1, 0.15) is 23.3 Å². The highest BCUT2D eigenvalue weighted by Crippen LogP contribution is 2.22. The van der Waals surface area contributed by atoms with E-state index in [2.05, 4.69) is 10.3 Å². The van der Waals surface area contributed by atoms with Gasteiger partial charge in [-0.2, -0.15) is 0 Å². The van der Waals surface area contributed by atoms with E-state index in [1.165, 1.54) is 18.2 Å². The summed E-state index contributed by atoms with van der Waals surface area (Å²) in [6, 6.07) is 4.28. The first-order valence-corrected chi connectivity index (χ1v) is 7.88. The Morgan fingerprint density at radius 2 is 2.15 bits per heavy atom. The number of anilines is 1. The van der Waals surface area contributed by atoms with Crippen molar-refractivity contribution in [1.29, 1.82) is 0 Å². The summed E-state index contributed by atoms with van der Waals surface area (Å²) in [5.41, 5.74) is -0.161. The van der Waals surface area contributed by atoms with Crippen molar-refractivity contribution in [3.05, 3.63) is 23.9 Å². The molecule has 0 aromatic carbocycles. The van der Waals surface area contributed by atoms with Gasteiger partial charge in [0.2, 0.25) is 5.91 Å². The number of carboxylic acids is 1. The van der Waals surface area contributed by atoms with E-state index in [9.17, 15) is 18.0 Å². The molecule has 0 aliphatic carbocycles. The Labute approximate surface area is 115 Å². The van der Waals surface area contributed by atoms with Gasteiger partial charge >= 0.3 is 5.97 Å². The van der Waals surface area contributed by atoms with Crippen molar-refractivity contribution in [2.75, 3.05) is 16.8 Å². The third-order valence-corrected chi connectivity index (χ3v) is 4.87. The Bertz CT molecular complexity index is 641. The topological polar surface area (TPSA) is 113 Å². The molecule has 1 saturated heterocycles. The molecule has 2 N–H and O–H groups in total. The summed E-state index contributed by atoms with van der Waals surface area (Å²) in [6.07, 6.45) is 0.580. The molecule has 0 radical (unpaired) electrons. The Morgan fingerprint density at radius 3 is 2.75 bits per heavy atom. The number of sulfone groups is 1. The Morgan fingerprint density at radius 1 is 1.40 bits per heavy atom. The fourth-order valence-electron chi connectivity index (χ4n) is 2.11. The van der Waals surface area contributed by atoms with Gasteiger partial charge in [0.1, 0.15) is 5.82 Å². The van der Waals surface area contributed by atoms with Gasteiger partial charge in [0, 0.05) is 6.42 Å². The average molecular weight is 298 g/mol. The lowest BCUT2D eigenvalue weighted by molar-refractivity contribution is -0.116. The van der Waals surface area contributed by atoms with E-state index in [1.54, 1.807) is 0 Å². The molecule has 2 rings (SSSR count). The number of nitrogens with zero attached hydrogens (tertiary/aromatic N) is 1. The first-order valence-electron chi connectivity index (χ1n) is 6.06. The molecule has 0 saturated carbocycles. The van der Waals surface area contributed by atoms with Crippen molar-refractivity contribution >= 4 is 27.5 Å². The van der Waals surface area contributed by atoms with Crippen LogP contribution < -0.4 is 5.32 Å². The molecule has 8 heteroatoms. The molecule has 1 aliphatic rings. The van der Waals surface area contributed by atoms with Crippen molar-refractivity contribution in [2.45, 2.75) is 12.8 Å². The molecule has 0 bridgehead atoms. The molecule has 1 unspecified atom stereocenters. The second kappa shape index (κ2) is 5.58. The Kier molecular flexibility index (Phi) is 4.03. The molecule has 2 heterocycles. The normalized spacial score (nSPS) is 20.5. The predicted octanol–water partition coefficient (Wildman–Crippen LogP) is 0.543. The number of carbonyl (C=O) groups is 2. The molecule has 1 aromatic heterocycles. The van der Waals surface area contributed by atoms with Crippen LogP contribution in [0.2, 0.25) is 0 Å². The second-order valence-electron chi connectivity index (χ2n) is 4.73. The zero-order chi connectivity index (χ0) is 14.8. The van der Waals surface area contributed by atoms with E-state index in [0.29, 0.717) is 6.42 Å². The van der Waals surface area contributed by atoms with Gasteiger partial charge in [0.15, 0.2) is 15.5 Å². The molecule has 1 atom stereocenters. The maximum absolute atomic E-state index is 11.8. The van der Waals surface area contributed by atoms with Gasteiger partial charge in [-0.1, -0.05) is 6.07 Å². The average Bonchev–Trinajstić information content (AvgIpc) is 2.68.